The van der Waals surface area contributed by atoms with Crippen LogP contribution in [0.25, 0.3) is 0 Å². The fourth-order valence-electron chi connectivity index (χ4n) is 3.04. The number of hydrogen-bond donors (Lipinski definition) is 1. The number of para-hydroxylation sites is 1. The molecule has 1 saturated carbocycles. The fourth-order valence-corrected chi connectivity index (χ4v) is 3.04. The molecule has 0 bridgehead atoms. The Labute approximate surface area is 126 Å². The second-order valence-corrected chi connectivity index (χ2v) is 6.29. The molecule has 1 aliphatic carbocycles. The van der Waals surface area contributed by atoms with E-state index in [2.05, 4.69) is 17.1 Å². The highest BCUT2D eigenvalue weighted by atomic mass is 16.5. The first-order chi connectivity index (χ1) is 10.1. The molecule has 4 nitrogen and oxygen atoms in total. The van der Waals surface area contributed by atoms with Crippen molar-refractivity contribution in [2.24, 2.45) is 5.92 Å². The maximum atomic E-state index is 12.3. The molecule has 1 fully saturated rings. The third-order valence-corrected chi connectivity index (χ3v) is 4.69. The van der Waals surface area contributed by atoms with Crippen LogP contribution in [0.3, 0.4) is 0 Å². The number of nitrogens with one attached hydrogen (secondary N) is 1. The van der Waals surface area contributed by atoms with Gasteiger partial charge >= 0.3 is 0 Å². The van der Waals surface area contributed by atoms with Crippen molar-refractivity contribution in [3.63, 3.8) is 0 Å². The normalized spacial score (nSPS) is 22.3. The van der Waals surface area contributed by atoms with Crippen molar-refractivity contribution in [3.05, 3.63) is 29.8 Å². The summed E-state index contributed by atoms with van der Waals surface area (Å²) in [5.74, 6) is 1.78. The molecule has 0 radical (unpaired) electrons. The summed E-state index contributed by atoms with van der Waals surface area (Å²) in [6, 6.07) is 8.54. The van der Waals surface area contributed by atoms with E-state index in [1.54, 1.807) is 0 Å². The fraction of sp³-hybridized carbons (Fsp3) is 0.588. The SMILES string of the molecule is CC(C1CC1)N(C)CC(=O)NC1CCOc2ccccc21. The molecule has 3 rings (SSSR count). The van der Waals surface area contributed by atoms with Gasteiger partial charge in [-0.1, -0.05) is 18.2 Å². The first-order valence-electron chi connectivity index (χ1n) is 7.86. The van der Waals surface area contributed by atoms with E-state index >= 15 is 0 Å². The van der Waals surface area contributed by atoms with Crippen molar-refractivity contribution in [1.82, 2.24) is 10.2 Å². The topological polar surface area (TPSA) is 41.6 Å². The lowest BCUT2D eigenvalue weighted by Gasteiger charge is -2.28. The molecule has 0 spiro atoms. The number of fused-ring (bicyclic) bond motifs is 1. The molecular formula is C17H24N2O2. The summed E-state index contributed by atoms with van der Waals surface area (Å²) >= 11 is 0. The van der Waals surface area contributed by atoms with Gasteiger partial charge in [-0.25, -0.2) is 0 Å². The van der Waals surface area contributed by atoms with Gasteiger partial charge in [0.25, 0.3) is 0 Å². The van der Waals surface area contributed by atoms with Crippen molar-refractivity contribution in [2.75, 3.05) is 20.2 Å². The van der Waals surface area contributed by atoms with E-state index in [0.717, 1.165) is 23.7 Å². The summed E-state index contributed by atoms with van der Waals surface area (Å²) in [5, 5.41) is 3.16. The molecule has 1 aromatic carbocycles. The van der Waals surface area contributed by atoms with Crippen molar-refractivity contribution in [1.29, 1.82) is 0 Å². The molecule has 1 heterocycles. The minimum atomic E-state index is 0.0760. The third kappa shape index (κ3) is 3.38. The Morgan fingerprint density at radius 1 is 1.38 bits per heavy atom. The highest BCUT2D eigenvalue weighted by Gasteiger charge is 2.31. The van der Waals surface area contributed by atoms with Gasteiger partial charge in [-0.05, 0) is 38.8 Å². The molecule has 1 aromatic rings. The number of benzene rings is 1. The molecule has 21 heavy (non-hydrogen) atoms. The molecule has 1 N–H and O–H groups in total. The van der Waals surface area contributed by atoms with Gasteiger partial charge in [-0.2, -0.15) is 0 Å². The number of ether oxygens (including phenoxy) is 1. The minimum Gasteiger partial charge on any atom is -0.493 e. The smallest absolute Gasteiger partial charge is 0.234 e. The summed E-state index contributed by atoms with van der Waals surface area (Å²) in [6.45, 7) is 3.35. The first-order valence-corrected chi connectivity index (χ1v) is 7.86. The average molecular weight is 288 g/mol. The van der Waals surface area contributed by atoms with Crippen LogP contribution in [0.4, 0.5) is 0 Å². The quantitative estimate of drug-likeness (QED) is 0.904. The van der Waals surface area contributed by atoms with Gasteiger partial charge in [-0.15, -0.1) is 0 Å². The van der Waals surface area contributed by atoms with Crippen molar-refractivity contribution in [2.45, 2.75) is 38.3 Å². The first kappa shape index (κ1) is 14.4. The minimum absolute atomic E-state index is 0.0760. The monoisotopic (exact) mass is 288 g/mol. The molecule has 0 aromatic heterocycles. The van der Waals surface area contributed by atoms with Gasteiger partial charge < -0.3 is 10.1 Å². The molecule has 114 valence electrons. The van der Waals surface area contributed by atoms with E-state index in [-0.39, 0.29) is 11.9 Å². The van der Waals surface area contributed by atoms with E-state index < -0.39 is 0 Å². The Balaban J connectivity index is 1.58. The van der Waals surface area contributed by atoms with Gasteiger partial charge in [0.2, 0.25) is 5.91 Å². The largest absolute Gasteiger partial charge is 0.493 e. The lowest BCUT2D eigenvalue weighted by Crippen LogP contribution is -2.42. The lowest BCUT2D eigenvalue weighted by atomic mass is 10.0. The van der Waals surface area contributed by atoms with E-state index in [4.69, 9.17) is 4.74 Å². The number of carbonyl (C=O) groups is 1. The summed E-state index contributed by atoms with van der Waals surface area (Å²) in [6.07, 6.45) is 3.45. The van der Waals surface area contributed by atoms with Crippen LogP contribution in [0.2, 0.25) is 0 Å². The molecule has 1 aliphatic heterocycles. The predicted molar refractivity (Wildman–Crippen MR) is 82.3 cm³/mol. The Bertz CT molecular complexity index is 513. The Morgan fingerprint density at radius 3 is 2.90 bits per heavy atom. The van der Waals surface area contributed by atoms with Gasteiger partial charge in [0.1, 0.15) is 5.75 Å². The second-order valence-electron chi connectivity index (χ2n) is 6.29. The van der Waals surface area contributed by atoms with Gasteiger partial charge in [-0.3, -0.25) is 9.69 Å². The van der Waals surface area contributed by atoms with Gasteiger partial charge in [0.15, 0.2) is 0 Å². The van der Waals surface area contributed by atoms with Crippen LogP contribution in [0, 0.1) is 5.92 Å². The second kappa shape index (κ2) is 6.06. The van der Waals surface area contributed by atoms with Gasteiger partial charge in [0.05, 0.1) is 19.2 Å². The average Bonchev–Trinajstić information content (AvgIpc) is 3.31. The van der Waals surface area contributed by atoms with Crippen LogP contribution >= 0.6 is 0 Å². The zero-order valence-corrected chi connectivity index (χ0v) is 12.8. The summed E-state index contributed by atoms with van der Waals surface area (Å²) in [7, 11) is 2.04. The van der Waals surface area contributed by atoms with Crippen LogP contribution in [0.1, 0.15) is 37.8 Å². The van der Waals surface area contributed by atoms with Gasteiger partial charge in [0, 0.05) is 18.0 Å². The predicted octanol–water partition coefficient (Wildman–Crippen LogP) is 2.36. The zero-order valence-electron chi connectivity index (χ0n) is 12.8. The number of carbonyl (C=O) groups excluding carboxylic acids is 1. The molecule has 4 heteroatoms. The molecular weight excluding hydrogens is 264 g/mol. The van der Waals surface area contributed by atoms with Crippen LogP contribution in [0.5, 0.6) is 5.75 Å². The number of hydrogen-bond acceptors (Lipinski definition) is 3. The maximum absolute atomic E-state index is 12.3. The third-order valence-electron chi connectivity index (χ3n) is 4.69. The van der Waals surface area contributed by atoms with E-state index in [1.807, 2.05) is 31.3 Å². The van der Waals surface area contributed by atoms with Crippen molar-refractivity contribution in [3.8, 4) is 5.75 Å². The Kier molecular flexibility index (Phi) is 4.15. The zero-order chi connectivity index (χ0) is 14.8. The summed E-state index contributed by atoms with van der Waals surface area (Å²) < 4.78 is 5.63. The lowest BCUT2D eigenvalue weighted by molar-refractivity contribution is -0.123. The molecule has 2 aliphatic rings. The summed E-state index contributed by atoms with van der Waals surface area (Å²) in [5.41, 5.74) is 1.09. The molecule has 2 atom stereocenters. The van der Waals surface area contributed by atoms with E-state index in [0.29, 0.717) is 19.2 Å². The standard InChI is InChI=1S/C17H24N2O2/c1-12(13-7-8-13)19(2)11-17(20)18-15-9-10-21-16-6-4-3-5-14(15)16/h3-6,12-13,15H,7-11H2,1-2H3,(H,18,20). The number of likely N-dealkylation sites (N-methyl/N-ethyl adjacent to an activating group) is 1. The van der Waals surface area contributed by atoms with E-state index in [1.165, 1.54) is 12.8 Å². The molecule has 1 amide bonds. The van der Waals surface area contributed by atoms with Crippen LogP contribution in [0.15, 0.2) is 24.3 Å². The van der Waals surface area contributed by atoms with Crippen LogP contribution < -0.4 is 10.1 Å². The number of amides is 1. The number of nitrogens with zero attached hydrogens (tertiary/aromatic N) is 1. The van der Waals surface area contributed by atoms with Crippen LogP contribution in [-0.4, -0.2) is 37.0 Å². The molecule has 2 unspecified atom stereocenters. The van der Waals surface area contributed by atoms with Crippen LogP contribution in [-0.2, 0) is 4.79 Å². The van der Waals surface area contributed by atoms with E-state index in [9.17, 15) is 4.79 Å². The van der Waals surface area contributed by atoms with Crippen molar-refractivity contribution < 1.29 is 9.53 Å². The van der Waals surface area contributed by atoms with Crippen molar-refractivity contribution >= 4 is 5.91 Å². The molecule has 0 saturated heterocycles. The highest BCUT2D eigenvalue weighted by molar-refractivity contribution is 5.78. The Morgan fingerprint density at radius 2 is 2.14 bits per heavy atom. The maximum Gasteiger partial charge on any atom is 0.234 e. The number of rotatable bonds is 5. The summed E-state index contributed by atoms with van der Waals surface area (Å²) in [4.78, 5) is 14.5. The Hall–Kier alpha value is -1.55. The highest BCUT2D eigenvalue weighted by Crippen LogP contribution is 2.34.